The first-order valence-corrected chi connectivity index (χ1v) is 6.59. The zero-order valence-electron chi connectivity index (χ0n) is 13.0. The van der Waals surface area contributed by atoms with Gasteiger partial charge in [0.25, 0.3) is 0 Å². The Morgan fingerprint density at radius 1 is 1.17 bits per heavy atom. The Labute approximate surface area is 112 Å². The summed E-state index contributed by atoms with van der Waals surface area (Å²) in [5.41, 5.74) is 1.82. The minimum atomic E-state index is -0.462. The summed E-state index contributed by atoms with van der Waals surface area (Å²) in [4.78, 5) is 3.96. The van der Waals surface area contributed by atoms with Crippen LogP contribution in [-0.4, -0.2) is 4.98 Å². The monoisotopic (exact) mass is 253 g/mol. The molecule has 0 aliphatic rings. The highest BCUT2D eigenvalue weighted by molar-refractivity contribution is 5.68. The highest BCUT2D eigenvalue weighted by Crippen LogP contribution is 2.21. The molecule has 0 atom stereocenters. The highest BCUT2D eigenvalue weighted by Gasteiger charge is 2.06. The summed E-state index contributed by atoms with van der Waals surface area (Å²) in [5.74, 6) is -0.462. The average molecular weight is 253 g/mol. The van der Waals surface area contributed by atoms with Crippen LogP contribution in [0, 0.1) is 6.92 Å². The lowest BCUT2D eigenvalue weighted by Crippen LogP contribution is -1.91. The van der Waals surface area contributed by atoms with Crippen molar-refractivity contribution in [2.24, 2.45) is 0 Å². The predicted molar refractivity (Wildman–Crippen MR) is 83.3 cm³/mol. The number of pyridine rings is 1. The summed E-state index contributed by atoms with van der Waals surface area (Å²) in [6, 6.07) is 1.74. The molecule has 1 aromatic heterocycles. The van der Waals surface area contributed by atoms with Crippen LogP contribution in [0.2, 0.25) is 0 Å². The van der Waals surface area contributed by atoms with E-state index in [2.05, 4.69) is 18.1 Å². The molecule has 0 bridgehead atoms. The third-order valence-corrected chi connectivity index (χ3v) is 1.65. The van der Waals surface area contributed by atoms with Gasteiger partial charge in [-0.25, -0.2) is 4.39 Å². The Kier molecular flexibility index (Phi) is 18.8. The van der Waals surface area contributed by atoms with Crippen LogP contribution in [0.25, 0.3) is 11.9 Å². The van der Waals surface area contributed by atoms with Crippen LogP contribution >= 0.6 is 0 Å². The predicted octanol–water partition coefficient (Wildman–Crippen LogP) is 6.05. The fourth-order valence-corrected chi connectivity index (χ4v) is 1.09. The summed E-state index contributed by atoms with van der Waals surface area (Å²) in [6.07, 6.45) is 3.14. The van der Waals surface area contributed by atoms with Gasteiger partial charge in [0, 0.05) is 11.8 Å². The molecule has 0 N–H and O–H groups in total. The zero-order chi connectivity index (χ0) is 15.1. The fraction of sp³-hybridized carbons (Fsp3) is 0.438. The van der Waals surface area contributed by atoms with Crippen molar-refractivity contribution in [1.29, 1.82) is 0 Å². The Hall–Kier alpha value is -1.44. The Morgan fingerprint density at radius 3 is 1.89 bits per heavy atom. The summed E-state index contributed by atoms with van der Waals surface area (Å²) in [7, 11) is 0. The first-order chi connectivity index (χ1) is 8.66. The van der Waals surface area contributed by atoms with Gasteiger partial charge in [-0.15, -0.1) is 0 Å². The Bertz CT molecular complexity index is 330. The van der Waals surface area contributed by atoms with Crippen molar-refractivity contribution in [3.63, 3.8) is 0 Å². The maximum Gasteiger partial charge on any atom is 0.125 e. The van der Waals surface area contributed by atoms with Crippen LogP contribution in [0.3, 0.4) is 0 Å². The van der Waals surface area contributed by atoms with Crippen LogP contribution in [-0.2, 0) is 0 Å². The van der Waals surface area contributed by atoms with E-state index in [-0.39, 0.29) is 0 Å². The highest BCUT2D eigenvalue weighted by atomic mass is 19.1. The minimum Gasteiger partial charge on any atom is -0.256 e. The maximum absolute atomic E-state index is 12.9. The van der Waals surface area contributed by atoms with Crippen LogP contribution in [0.5, 0.6) is 0 Å². The SMILES string of the molecule is C=Cc1nccc(C)c1C(=C)F.CC.CC.CC. The van der Waals surface area contributed by atoms with E-state index < -0.39 is 5.83 Å². The molecule has 18 heavy (non-hydrogen) atoms. The van der Waals surface area contributed by atoms with E-state index in [4.69, 9.17) is 0 Å². The number of aromatic nitrogens is 1. The molecule has 0 amide bonds. The lowest BCUT2D eigenvalue weighted by molar-refractivity contribution is 0.760. The topological polar surface area (TPSA) is 12.9 Å². The third-order valence-electron chi connectivity index (χ3n) is 1.65. The van der Waals surface area contributed by atoms with Gasteiger partial charge in [0.1, 0.15) is 5.83 Å². The second-order valence-electron chi connectivity index (χ2n) is 2.50. The third kappa shape index (κ3) is 7.77. The van der Waals surface area contributed by atoms with Gasteiger partial charge in [-0.3, -0.25) is 4.98 Å². The smallest absolute Gasteiger partial charge is 0.125 e. The van der Waals surface area contributed by atoms with Crippen molar-refractivity contribution in [2.45, 2.75) is 48.5 Å². The average Bonchev–Trinajstić information content (AvgIpc) is 2.44. The number of hydrogen-bond donors (Lipinski definition) is 0. The van der Waals surface area contributed by atoms with Crippen molar-refractivity contribution in [3.8, 4) is 0 Å². The normalized spacial score (nSPS) is 7.33. The number of aryl methyl sites for hydroxylation is 1. The van der Waals surface area contributed by atoms with Gasteiger partial charge in [0.05, 0.1) is 5.69 Å². The molecule has 0 aliphatic carbocycles. The van der Waals surface area contributed by atoms with Crippen LogP contribution < -0.4 is 0 Å². The van der Waals surface area contributed by atoms with Crippen molar-refractivity contribution in [3.05, 3.63) is 42.2 Å². The van der Waals surface area contributed by atoms with Gasteiger partial charge >= 0.3 is 0 Å². The molecular formula is C16H28FN. The Balaban J connectivity index is -0.000000328. The maximum atomic E-state index is 12.9. The molecule has 1 heterocycles. The van der Waals surface area contributed by atoms with E-state index in [1.54, 1.807) is 12.3 Å². The lowest BCUT2D eigenvalue weighted by Gasteiger charge is -2.04. The van der Waals surface area contributed by atoms with Crippen molar-refractivity contribution in [1.82, 2.24) is 4.98 Å². The molecule has 0 fully saturated rings. The molecule has 1 rings (SSSR count). The summed E-state index contributed by atoms with van der Waals surface area (Å²) < 4.78 is 12.9. The van der Waals surface area contributed by atoms with E-state index in [1.165, 1.54) is 6.08 Å². The number of nitrogens with zero attached hydrogens (tertiary/aromatic N) is 1. The molecule has 2 heteroatoms. The molecule has 0 aliphatic heterocycles. The lowest BCUT2D eigenvalue weighted by atomic mass is 10.1. The molecule has 104 valence electrons. The number of halogens is 1. The van der Waals surface area contributed by atoms with E-state index in [0.717, 1.165) is 5.56 Å². The van der Waals surface area contributed by atoms with E-state index >= 15 is 0 Å². The molecule has 0 radical (unpaired) electrons. The van der Waals surface area contributed by atoms with Gasteiger partial charge < -0.3 is 0 Å². The first-order valence-electron chi connectivity index (χ1n) is 6.59. The van der Waals surface area contributed by atoms with E-state index in [0.29, 0.717) is 11.3 Å². The van der Waals surface area contributed by atoms with Crippen molar-refractivity contribution < 1.29 is 4.39 Å². The molecule has 0 saturated heterocycles. The fourth-order valence-electron chi connectivity index (χ4n) is 1.09. The van der Waals surface area contributed by atoms with E-state index in [9.17, 15) is 4.39 Å². The molecule has 0 saturated carbocycles. The van der Waals surface area contributed by atoms with Crippen molar-refractivity contribution >= 4 is 11.9 Å². The summed E-state index contributed by atoms with van der Waals surface area (Å²) in [6.45, 7) is 20.6. The zero-order valence-corrected chi connectivity index (χ0v) is 13.0. The molecule has 0 spiro atoms. The summed E-state index contributed by atoms with van der Waals surface area (Å²) in [5, 5.41) is 0. The summed E-state index contributed by atoms with van der Waals surface area (Å²) >= 11 is 0. The van der Waals surface area contributed by atoms with Crippen LogP contribution in [0.15, 0.2) is 25.4 Å². The van der Waals surface area contributed by atoms with Gasteiger partial charge in [0.15, 0.2) is 0 Å². The van der Waals surface area contributed by atoms with Gasteiger partial charge in [-0.05, 0) is 24.6 Å². The van der Waals surface area contributed by atoms with Gasteiger partial charge in [0.2, 0.25) is 0 Å². The second-order valence-corrected chi connectivity index (χ2v) is 2.50. The standard InChI is InChI=1S/C10H10FN.3C2H6/c1-4-9-10(8(3)11)7(2)5-6-12-9;3*1-2/h4-6H,1,3H2,2H3;3*1-2H3. The molecule has 0 unspecified atom stereocenters. The largest absolute Gasteiger partial charge is 0.256 e. The molecular weight excluding hydrogens is 225 g/mol. The van der Waals surface area contributed by atoms with Crippen LogP contribution in [0.4, 0.5) is 4.39 Å². The van der Waals surface area contributed by atoms with Gasteiger partial charge in [-0.1, -0.05) is 54.7 Å². The van der Waals surface area contributed by atoms with Crippen LogP contribution in [0.1, 0.15) is 58.4 Å². The first kappa shape index (κ1) is 21.8. The quantitative estimate of drug-likeness (QED) is 0.625. The Morgan fingerprint density at radius 2 is 1.61 bits per heavy atom. The van der Waals surface area contributed by atoms with E-state index in [1.807, 2.05) is 48.5 Å². The molecule has 1 aromatic rings. The molecule has 1 nitrogen and oxygen atoms in total. The number of rotatable bonds is 2. The van der Waals surface area contributed by atoms with Gasteiger partial charge in [-0.2, -0.15) is 0 Å². The second kappa shape index (κ2) is 15.6. The minimum absolute atomic E-state index is 0.451. The van der Waals surface area contributed by atoms with Crippen molar-refractivity contribution in [2.75, 3.05) is 0 Å². The molecule has 0 aromatic carbocycles. The number of hydrogen-bond acceptors (Lipinski definition) is 1.